The smallest absolute Gasteiger partial charge is 0.0327 e. The zero-order chi connectivity index (χ0) is 14.7. The average Bonchev–Trinajstić information content (AvgIpc) is 3.18. The van der Waals surface area contributed by atoms with Gasteiger partial charge in [0.05, 0.1) is 0 Å². The van der Waals surface area contributed by atoms with Gasteiger partial charge in [-0.25, -0.2) is 0 Å². The van der Waals surface area contributed by atoms with E-state index in [2.05, 4.69) is 29.6 Å². The van der Waals surface area contributed by atoms with Crippen LogP contribution in [0, 0.1) is 5.92 Å². The first-order valence-corrected chi connectivity index (χ1v) is 9.35. The molecule has 0 radical (unpaired) electrons. The topological polar surface area (TPSA) is 27.3 Å². The highest BCUT2D eigenvalue weighted by molar-refractivity contribution is 4.98. The zero-order valence-corrected chi connectivity index (χ0v) is 14.2. The van der Waals surface area contributed by atoms with Crippen LogP contribution in [-0.4, -0.2) is 49.7 Å². The molecule has 3 atom stereocenters. The van der Waals surface area contributed by atoms with Gasteiger partial charge < -0.3 is 15.5 Å². The lowest BCUT2D eigenvalue weighted by molar-refractivity contribution is 0.130. The summed E-state index contributed by atoms with van der Waals surface area (Å²) >= 11 is 0. The van der Waals surface area contributed by atoms with Crippen LogP contribution >= 0.6 is 0 Å². The highest BCUT2D eigenvalue weighted by atomic mass is 15.2. The fraction of sp³-hybridized carbons (Fsp3) is 1.00. The second kappa shape index (κ2) is 6.97. The normalized spacial score (nSPS) is 36.4. The summed E-state index contributed by atoms with van der Waals surface area (Å²) in [7, 11) is 4.56. The summed E-state index contributed by atoms with van der Waals surface area (Å²) in [5.41, 5.74) is 0.436. The van der Waals surface area contributed by atoms with Crippen LogP contribution in [0.5, 0.6) is 0 Å². The van der Waals surface area contributed by atoms with Crippen molar-refractivity contribution in [1.29, 1.82) is 0 Å². The molecule has 3 unspecified atom stereocenters. The van der Waals surface area contributed by atoms with Crippen LogP contribution in [0.15, 0.2) is 0 Å². The molecule has 3 fully saturated rings. The van der Waals surface area contributed by atoms with Gasteiger partial charge in [0.15, 0.2) is 0 Å². The van der Waals surface area contributed by atoms with Crippen LogP contribution < -0.4 is 10.6 Å². The average molecular weight is 293 g/mol. The predicted octanol–water partition coefficient (Wildman–Crippen LogP) is 2.76. The quantitative estimate of drug-likeness (QED) is 0.816. The molecule has 3 nitrogen and oxygen atoms in total. The molecular formula is C18H35N3. The Morgan fingerprint density at radius 1 is 1.00 bits per heavy atom. The summed E-state index contributed by atoms with van der Waals surface area (Å²) in [4.78, 5) is 2.50. The fourth-order valence-corrected chi connectivity index (χ4v) is 5.11. The van der Waals surface area contributed by atoms with Crippen LogP contribution in [0.4, 0.5) is 0 Å². The van der Waals surface area contributed by atoms with Crippen molar-refractivity contribution in [1.82, 2.24) is 15.5 Å². The second-order valence-electron chi connectivity index (χ2n) is 7.96. The number of hydrogen-bond acceptors (Lipinski definition) is 3. The van der Waals surface area contributed by atoms with E-state index in [9.17, 15) is 0 Å². The van der Waals surface area contributed by atoms with Gasteiger partial charge in [-0.3, -0.25) is 0 Å². The summed E-state index contributed by atoms with van der Waals surface area (Å²) in [5, 5.41) is 7.80. The van der Waals surface area contributed by atoms with E-state index in [1.165, 1.54) is 77.3 Å². The molecule has 122 valence electrons. The Bertz CT molecular complexity index is 316. The van der Waals surface area contributed by atoms with Gasteiger partial charge >= 0.3 is 0 Å². The number of nitrogens with one attached hydrogen (secondary N) is 2. The van der Waals surface area contributed by atoms with E-state index in [1.54, 1.807) is 0 Å². The first-order chi connectivity index (χ1) is 10.2. The van der Waals surface area contributed by atoms with Crippen molar-refractivity contribution in [2.45, 2.75) is 81.8 Å². The number of likely N-dealkylation sites (N-methyl/N-ethyl adjacent to an activating group) is 1. The monoisotopic (exact) mass is 293 g/mol. The minimum absolute atomic E-state index is 0.436. The van der Waals surface area contributed by atoms with E-state index in [0.717, 1.165) is 18.0 Å². The lowest BCUT2D eigenvalue weighted by Crippen LogP contribution is -2.55. The van der Waals surface area contributed by atoms with E-state index in [-0.39, 0.29) is 0 Å². The third kappa shape index (κ3) is 3.46. The van der Waals surface area contributed by atoms with Gasteiger partial charge in [-0.1, -0.05) is 25.7 Å². The maximum absolute atomic E-state index is 4.03. The molecule has 0 amide bonds. The third-order valence-electron chi connectivity index (χ3n) is 6.61. The van der Waals surface area contributed by atoms with Crippen molar-refractivity contribution >= 4 is 0 Å². The molecule has 0 aromatic rings. The van der Waals surface area contributed by atoms with Gasteiger partial charge in [0.1, 0.15) is 0 Å². The molecule has 2 N–H and O–H groups in total. The van der Waals surface area contributed by atoms with E-state index >= 15 is 0 Å². The highest BCUT2D eigenvalue weighted by Gasteiger charge is 2.38. The Morgan fingerprint density at radius 2 is 1.76 bits per heavy atom. The van der Waals surface area contributed by atoms with Crippen LogP contribution in [0.1, 0.15) is 64.2 Å². The number of hydrogen-bond donors (Lipinski definition) is 2. The van der Waals surface area contributed by atoms with Gasteiger partial charge in [0.25, 0.3) is 0 Å². The predicted molar refractivity (Wildman–Crippen MR) is 89.7 cm³/mol. The van der Waals surface area contributed by atoms with Crippen LogP contribution in [0.2, 0.25) is 0 Å². The Kier molecular flexibility index (Phi) is 5.23. The molecular weight excluding hydrogens is 258 g/mol. The lowest BCUT2D eigenvalue weighted by atomic mass is 9.79. The standard InChI is InChI=1S/C18H35N3/c1-21(2)18(11-5-6-12-18)14-20-17-9-4-3-8-15(17)16-10-7-13-19-16/h15-17,19-20H,3-14H2,1-2H3. The summed E-state index contributed by atoms with van der Waals surface area (Å²) in [6, 6.07) is 1.55. The van der Waals surface area contributed by atoms with Crippen molar-refractivity contribution < 1.29 is 0 Å². The molecule has 2 aliphatic carbocycles. The molecule has 0 aromatic carbocycles. The Labute approximate surface area is 131 Å². The van der Waals surface area contributed by atoms with E-state index < -0.39 is 0 Å². The fourth-order valence-electron chi connectivity index (χ4n) is 5.11. The van der Waals surface area contributed by atoms with Crippen molar-refractivity contribution in [3.05, 3.63) is 0 Å². The molecule has 3 aliphatic rings. The molecule has 21 heavy (non-hydrogen) atoms. The minimum atomic E-state index is 0.436. The minimum Gasteiger partial charge on any atom is -0.314 e. The molecule has 1 saturated heterocycles. The summed E-state index contributed by atoms with van der Waals surface area (Å²) in [6.45, 7) is 2.45. The van der Waals surface area contributed by atoms with Gasteiger partial charge in [-0.05, 0) is 65.1 Å². The van der Waals surface area contributed by atoms with Gasteiger partial charge in [-0.2, -0.15) is 0 Å². The SMILES string of the molecule is CN(C)C1(CNC2CCCCC2C2CCCN2)CCCC1. The van der Waals surface area contributed by atoms with E-state index in [1.807, 2.05) is 0 Å². The van der Waals surface area contributed by atoms with E-state index in [0.29, 0.717) is 5.54 Å². The van der Waals surface area contributed by atoms with Crippen molar-refractivity contribution in [2.75, 3.05) is 27.2 Å². The molecule has 0 spiro atoms. The molecule has 2 saturated carbocycles. The molecule has 1 heterocycles. The number of rotatable bonds is 5. The second-order valence-corrected chi connectivity index (χ2v) is 7.96. The summed E-state index contributed by atoms with van der Waals surface area (Å²) in [6.07, 6.45) is 14.1. The van der Waals surface area contributed by atoms with E-state index in [4.69, 9.17) is 0 Å². The van der Waals surface area contributed by atoms with Gasteiger partial charge in [0, 0.05) is 24.2 Å². The van der Waals surface area contributed by atoms with Crippen molar-refractivity contribution in [2.24, 2.45) is 5.92 Å². The molecule has 0 aromatic heterocycles. The Morgan fingerprint density at radius 3 is 2.43 bits per heavy atom. The lowest BCUT2D eigenvalue weighted by Gasteiger charge is -2.41. The first-order valence-electron chi connectivity index (χ1n) is 9.35. The zero-order valence-electron chi connectivity index (χ0n) is 14.2. The van der Waals surface area contributed by atoms with Gasteiger partial charge in [0.2, 0.25) is 0 Å². The maximum Gasteiger partial charge on any atom is 0.0327 e. The number of nitrogens with zero attached hydrogens (tertiary/aromatic N) is 1. The Balaban J connectivity index is 1.59. The van der Waals surface area contributed by atoms with Crippen LogP contribution in [-0.2, 0) is 0 Å². The van der Waals surface area contributed by atoms with Gasteiger partial charge in [-0.15, -0.1) is 0 Å². The van der Waals surface area contributed by atoms with Crippen LogP contribution in [0.3, 0.4) is 0 Å². The Hall–Kier alpha value is -0.120. The van der Waals surface area contributed by atoms with Crippen LogP contribution in [0.25, 0.3) is 0 Å². The summed E-state index contributed by atoms with van der Waals surface area (Å²) < 4.78 is 0. The van der Waals surface area contributed by atoms with Crippen molar-refractivity contribution in [3.8, 4) is 0 Å². The van der Waals surface area contributed by atoms with Crippen molar-refractivity contribution in [3.63, 3.8) is 0 Å². The summed E-state index contributed by atoms with van der Waals surface area (Å²) in [5.74, 6) is 0.877. The highest BCUT2D eigenvalue weighted by Crippen LogP contribution is 2.35. The molecule has 0 bridgehead atoms. The third-order valence-corrected chi connectivity index (χ3v) is 6.61. The molecule has 3 rings (SSSR count). The largest absolute Gasteiger partial charge is 0.314 e. The molecule has 3 heteroatoms. The maximum atomic E-state index is 4.03. The molecule has 1 aliphatic heterocycles. The first kappa shape index (κ1) is 15.8.